The molecule has 1 aromatic rings. The predicted molar refractivity (Wildman–Crippen MR) is 83.4 cm³/mol. The van der Waals surface area contributed by atoms with Gasteiger partial charge in [-0.3, -0.25) is 9.69 Å². The molecule has 1 N–H and O–H groups in total. The van der Waals surface area contributed by atoms with E-state index in [2.05, 4.69) is 5.32 Å². The van der Waals surface area contributed by atoms with Crippen molar-refractivity contribution in [3.63, 3.8) is 0 Å². The maximum Gasteiger partial charge on any atom is 0.234 e. The van der Waals surface area contributed by atoms with Crippen LogP contribution >= 0.6 is 0 Å². The summed E-state index contributed by atoms with van der Waals surface area (Å²) in [5.41, 5.74) is 1.04. The van der Waals surface area contributed by atoms with E-state index >= 15 is 0 Å². The topological polar surface area (TPSA) is 50.8 Å². The van der Waals surface area contributed by atoms with E-state index in [-0.39, 0.29) is 5.91 Å². The van der Waals surface area contributed by atoms with Gasteiger partial charge in [-0.2, -0.15) is 0 Å². The Morgan fingerprint density at radius 2 is 2.19 bits per heavy atom. The summed E-state index contributed by atoms with van der Waals surface area (Å²) in [5.74, 6) is 0.859. The number of benzene rings is 1. The molecule has 0 heterocycles. The lowest BCUT2D eigenvalue weighted by atomic mass is 10.2. The first kappa shape index (κ1) is 17.5. The molecule has 0 atom stereocenters. The molecule has 0 aliphatic heterocycles. The highest BCUT2D eigenvalue weighted by molar-refractivity contribution is 5.77. The zero-order valence-electron chi connectivity index (χ0n) is 13.2. The summed E-state index contributed by atoms with van der Waals surface area (Å²) in [4.78, 5) is 13.8. The molecule has 0 spiro atoms. The summed E-state index contributed by atoms with van der Waals surface area (Å²) in [6.07, 6.45) is 0.927. The normalized spacial score (nSPS) is 10.7. The first-order valence-corrected chi connectivity index (χ1v) is 7.31. The maximum atomic E-state index is 11.9. The molecule has 0 fully saturated rings. The van der Waals surface area contributed by atoms with Crippen molar-refractivity contribution < 1.29 is 14.3 Å². The van der Waals surface area contributed by atoms with Crippen LogP contribution < -0.4 is 10.1 Å². The molecular formula is C16H26N2O3. The van der Waals surface area contributed by atoms with Crippen molar-refractivity contribution in [2.45, 2.75) is 19.9 Å². The molecule has 1 aromatic carbocycles. The number of amides is 1. The Morgan fingerprint density at radius 3 is 2.90 bits per heavy atom. The summed E-state index contributed by atoms with van der Waals surface area (Å²) in [7, 11) is 3.62. The SMILES string of the molecule is CCOc1cccc(CNC(=O)CN(C)CCCOC)c1. The molecule has 0 bridgehead atoms. The molecule has 0 saturated heterocycles. The fraction of sp³-hybridized carbons (Fsp3) is 0.562. The van der Waals surface area contributed by atoms with Gasteiger partial charge in [0.1, 0.15) is 5.75 Å². The molecule has 0 aliphatic rings. The van der Waals surface area contributed by atoms with Gasteiger partial charge in [-0.25, -0.2) is 0 Å². The monoisotopic (exact) mass is 294 g/mol. The standard InChI is InChI=1S/C16H26N2O3/c1-4-21-15-8-5-7-14(11-15)12-17-16(19)13-18(2)9-6-10-20-3/h5,7-8,11H,4,6,9-10,12-13H2,1-3H3,(H,17,19). The average molecular weight is 294 g/mol. The second-order valence-corrected chi connectivity index (χ2v) is 4.94. The number of nitrogens with zero attached hydrogens (tertiary/aromatic N) is 1. The van der Waals surface area contributed by atoms with Gasteiger partial charge in [-0.15, -0.1) is 0 Å². The Morgan fingerprint density at radius 1 is 1.38 bits per heavy atom. The van der Waals surface area contributed by atoms with E-state index in [1.165, 1.54) is 0 Å². The highest BCUT2D eigenvalue weighted by Gasteiger charge is 2.06. The van der Waals surface area contributed by atoms with Crippen LogP contribution in [-0.4, -0.2) is 51.3 Å². The van der Waals surface area contributed by atoms with Crippen molar-refractivity contribution in [3.05, 3.63) is 29.8 Å². The molecule has 1 amide bonds. The molecule has 0 saturated carbocycles. The van der Waals surface area contributed by atoms with Gasteiger partial charge in [-0.1, -0.05) is 12.1 Å². The van der Waals surface area contributed by atoms with Crippen LogP contribution in [-0.2, 0) is 16.1 Å². The third kappa shape index (κ3) is 7.68. The smallest absolute Gasteiger partial charge is 0.234 e. The van der Waals surface area contributed by atoms with Crippen LogP contribution in [0.5, 0.6) is 5.75 Å². The lowest BCUT2D eigenvalue weighted by Gasteiger charge is -2.16. The van der Waals surface area contributed by atoms with E-state index in [1.54, 1.807) is 7.11 Å². The summed E-state index contributed by atoms with van der Waals surface area (Å²) in [5, 5.41) is 2.92. The van der Waals surface area contributed by atoms with E-state index < -0.39 is 0 Å². The first-order valence-electron chi connectivity index (χ1n) is 7.31. The Bertz CT molecular complexity index is 424. The van der Waals surface area contributed by atoms with Crippen molar-refractivity contribution in [1.82, 2.24) is 10.2 Å². The van der Waals surface area contributed by atoms with Crippen molar-refractivity contribution in [2.24, 2.45) is 0 Å². The number of rotatable bonds is 10. The number of hydrogen-bond donors (Lipinski definition) is 1. The van der Waals surface area contributed by atoms with Crippen LogP contribution in [0.1, 0.15) is 18.9 Å². The molecular weight excluding hydrogens is 268 g/mol. The third-order valence-corrected chi connectivity index (χ3v) is 3.00. The minimum Gasteiger partial charge on any atom is -0.494 e. The lowest BCUT2D eigenvalue weighted by molar-refractivity contribution is -0.122. The van der Waals surface area contributed by atoms with Gasteiger partial charge in [0.25, 0.3) is 0 Å². The van der Waals surface area contributed by atoms with Gasteiger partial charge >= 0.3 is 0 Å². The van der Waals surface area contributed by atoms with Crippen LogP contribution in [0, 0.1) is 0 Å². The molecule has 5 nitrogen and oxygen atoms in total. The molecule has 0 radical (unpaired) electrons. The fourth-order valence-electron chi connectivity index (χ4n) is 1.97. The lowest BCUT2D eigenvalue weighted by Crippen LogP contribution is -2.35. The van der Waals surface area contributed by atoms with Crippen LogP contribution in [0.2, 0.25) is 0 Å². The Hall–Kier alpha value is -1.59. The molecule has 21 heavy (non-hydrogen) atoms. The summed E-state index contributed by atoms with van der Waals surface area (Å²) in [6.45, 7) is 5.08. The van der Waals surface area contributed by atoms with Gasteiger partial charge < -0.3 is 14.8 Å². The van der Waals surface area contributed by atoms with E-state index in [1.807, 2.05) is 43.1 Å². The van der Waals surface area contributed by atoms with Crippen molar-refractivity contribution in [3.8, 4) is 5.75 Å². The van der Waals surface area contributed by atoms with Gasteiger partial charge in [0.2, 0.25) is 5.91 Å². The Labute approximate surface area is 127 Å². The van der Waals surface area contributed by atoms with E-state index in [0.717, 1.165) is 30.9 Å². The van der Waals surface area contributed by atoms with Crippen LogP contribution in [0.25, 0.3) is 0 Å². The highest BCUT2D eigenvalue weighted by atomic mass is 16.5. The van der Waals surface area contributed by atoms with Crippen LogP contribution in [0.4, 0.5) is 0 Å². The fourth-order valence-corrected chi connectivity index (χ4v) is 1.97. The zero-order chi connectivity index (χ0) is 15.5. The Balaban J connectivity index is 2.30. The minimum absolute atomic E-state index is 0.0247. The molecule has 0 aromatic heterocycles. The van der Waals surface area contributed by atoms with Crippen LogP contribution in [0.15, 0.2) is 24.3 Å². The van der Waals surface area contributed by atoms with Crippen molar-refractivity contribution in [1.29, 1.82) is 0 Å². The van der Waals surface area contributed by atoms with E-state index in [0.29, 0.717) is 19.7 Å². The summed E-state index contributed by atoms with van der Waals surface area (Å²) in [6, 6.07) is 7.78. The van der Waals surface area contributed by atoms with E-state index in [4.69, 9.17) is 9.47 Å². The average Bonchev–Trinajstić information content (AvgIpc) is 2.46. The highest BCUT2D eigenvalue weighted by Crippen LogP contribution is 2.12. The number of carbonyl (C=O) groups is 1. The largest absolute Gasteiger partial charge is 0.494 e. The van der Waals surface area contributed by atoms with Crippen molar-refractivity contribution in [2.75, 3.05) is 40.5 Å². The number of carbonyl (C=O) groups excluding carboxylic acids is 1. The molecule has 5 heteroatoms. The number of nitrogens with one attached hydrogen (secondary N) is 1. The second kappa shape index (κ2) is 10.2. The quantitative estimate of drug-likeness (QED) is 0.667. The zero-order valence-corrected chi connectivity index (χ0v) is 13.2. The molecule has 0 aliphatic carbocycles. The summed E-state index contributed by atoms with van der Waals surface area (Å²) >= 11 is 0. The maximum absolute atomic E-state index is 11.9. The van der Waals surface area contributed by atoms with Gasteiger partial charge in [0, 0.05) is 26.8 Å². The van der Waals surface area contributed by atoms with E-state index in [9.17, 15) is 4.79 Å². The number of hydrogen-bond acceptors (Lipinski definition) is 4. The van der Waals surface area contributed by atoms with Gasteiger partial charge in [0.15, 0.2) is 0 Å². The minimum atomic E-state index is 0.0247. The van der Waals surface area contributed by atoms with Gasteiger partial charge in [0.05, 0.1) is 13.2 Å². The summed E-state index contributed by atoms with van der Waals surface area (Å²) < 4.78 is 10.4. The molecule has 118 valence electrons. The van der Waals surface area contributed by atoms with Crippen LogP contribution in [0.3, 0.4) is 0 Å². The first-order chi connectivity index (χ1) is 10.2. The third-order valence-electron chi connectivity index (χ3n) is 3.00. The van der Waals surface area contributed by atoms with Gasteiger partial charge in [-0.05, 0) is 38.1 Å². The number of methoxy groups -OCH3 is 1. The Kier molecular flexibility index (Phi) is 8.47. The molecule has 0 unspecified atom stereocenters. The predicted octanol–water partition coefficient (Wildman–Crippen LogP) is 1.67. The second-order valence-electron chi connectivity index (χ2n) is 4.94. The number of ether oxygens (including phenoxy) is 2. The molecule has 1 rings (SSSR count). The number of likely N-dealkylation sites (N-methyl/N-ethyl adjacent to an activating group) is 1. The van der Waals surface area contributed by atoms with Crippen molar-refractivity contribution >= 4 is 5.91 Å².